The van der Waals surface area contributed by atoms with Gasteiger partial charge in [0.25, 0.3) is 0 Å². The molecule has 0 fully saturated rings. The average molecular weight is 287 g/mol. The van der Waals surface area contributed by atoms with Gasteiger partial charge in [-0.25, -0.2) is 0 Å². The van der Waals surface area contributed by atoms with Crippen LogP contribution in [0.1, 0.15) is 45.4 Å². The van der Waals surface area contributed by atoms with Crippen LogP contribution in [0.5, 0.6) is 0 Å². The number of nitrogens with one attached hydrogen (secondary N) is 1. The summed E-state index contributed by atoms with van der Waals surface area (Å²) >= 11 is 4.00. The van der Waals surface area contributed by atoms with Gasteiger partial charge >= 0.3 is 5.97 Å². The van der Waals surface area contributed by atoms with Gasteiger partial charge < -0.3 is 10.4 Å². The molecule has 2 N–H and O–H groups in total. The number of rotatable bonds is 11. The Kier molecular flexibility index (Phi) is 11.5. The fourth-order valence-corrected chi connectivity index (χ4v) is 1.81. The minimum atomic E-state index is -0.957. The van der Waals surface area contributed by atoms with E-state index < -0.39 is 11.9 Å². The molecule has 0 aromatic heterocycles. The number of allylic oxidation sites excluding steroid dienone is 1. The molecular formula is C14H25NO3S. The van der Waals surface area contributed by atoms with E-state index in [0.29, 0.717) is 12.3 Å². The fourth-order valence-electron chi connectivity index (χ4n) is 1.70. The van der Waals surface area contributed by atoms with Crippen LogP contribution < -0.4 is 5.32 Å². The molecule has 0 rings (SSSR count). The highest BCUT2D eigenvalue weighted by Crippen LogP contribution is 2.09. The van der Waals surface area contributed by atoms with Gasteiger partial charge in [-0.15, -0.1) is 0 Å². The first-order valence-corrected chi connectivity index (χ1v) is 7.52. The van der Waals surface area contributed by atoms with E-state index in [1.54, 1.807) is 6.08 Å². The molecule has 4 nitrogen and oxygen atoms in total. The number of carboxylic acids is 1. The number of aliphatic carboxylic acids is 1. The third kappa shape index (κ3) is 10.6. The van der Waals surface area contributed by atoms with Crippen molar-refractivity contribution in [2.24, 2.45) is 5.92 Å². The molecule has 0 spiro atoms. The molecule has 0 aliphatic carbocycles. The molecule has 0 aromatic rings. The van der Waals surface area contributed by atoms with E-state index >= 15 is 0 Å². The molecule has 0 radical (unpaired) electrons. The summed E-state index contributed by atoms with van der Waals surface area (Å²) in [6.07, 6.45) is 9.04. The second-order valence-corrected chi connectivity index (χ2v) is 4.94. The Balaban J connectivity index is 4.14. The Hall–Kier alpha value is -0.970. The monoisotopic (exact) mass is 287 g/mol. The van der Waals surface area contributed by atoms with Crippen LogP contribution in [0.25, 0.3) is 0 Å². The molecule has 0 aliphatic rings. The van der Waals surface area contributed by atoms with Crippen molar-refractivity contribution < 1.29 is 14.7 Å². The molecule has 0 heterocycles. The molecule has 0 saturated heterocycles. The molecule has 0 aromatic carbocycles. The molecule has 1 amide bonds. The summed E-state index contributed by atoms with van der Waals surface area (Å²) < 4.78 is 0. The molecular weight excluding hydrogens is 262 g/mol. The van der Waals surface area contributed by atoms with Crippen molar-refractivity contribution in [3.8, 4) is 0 Å². The lowest BCUT2D eigenvalue weighted by atomic mass is 10.0. The number of hydrogen-bond acceptors (Lipinski definition) is 3. The first-order chi connectivity index (χ1) is 9.11. The minimum Gasteiger partial charge on any atom is -0.481 e. The van der Waals surface area contributed by atoms with Crippen LogP contribution in [0.4, 0.5) is 0 Å². The van der Waals surface area contributed by atoms with Crippen molar-refractivity contribution >= 4 is 24.5 Å². The third-order valence-corrected chi connectivity index (χ3v) is 2.96. The maximum atomic E-state index is 11.7. The predicted octanol–water partition coefficient (Wildman–Crippen LogP) is 2.65. The average Bonchev–Trinajstić information content (AvgIpc) is 2.38. The lowest BCUT2D eigenvalue weighted by Gasteiger charge is -2.10. The standard InChI is InChI=1S/C14H25NO3S/c1-2-3-4-5-6-7-8-12(11-13(16)17)14(18)15-9-10-19/h7-8,12,19H,2-6,9-11H2,1H3,(H,15,18)(H,16,17). The van der Waals surface area contributed by atoms with Gasteiger partial charge in [0, 0.05) is 12.3 Å². The maximum absolute atomic E-state index is 11.7. The van der Waals surface area contributed by atoms with E-state index in [2.05, 4.69) is 24.9 Å². The first kappa shape index (κ1) is 18.0. The first-order valence-electron chi connectivity index (χ1n) is 6.88. The van der Waals surface area contributed by atoms with Crippen LogP contribution in [0, 0.1) is 5.92 Å². The van der Waals surface area contributed by atoms with Crippen LogP contribution in [-0.2, 0) is 9.59 Å². The summed E-state index contributed by atoms with van der Waals surface area (Å²) in [4.78, 5) is 22.5. The summed E-state index contributed by atoms with van der Waals surface area (Å²) in [5.74, 6) is -1.22. The molecule has 19 heavy (non-hydrogen) atoms. The molecule has 1 unspecified atom stereocenters. The van der Waals surface area contributed by atoms with Crippen LogP contribution in [0.3, 0.4) is 0 Å². The van der Waals surface area contributed by atoms with Crippen LogP contribution >= 0.6 is 12.6 Å². The zero-order chi connectivity index (χ0) is 14.5. The zero-order valence-electron chi connectivity index (χ0n) is 11.6. The molecule has 0 saturated carbocycles. The van der Waals surface area contributed by atoms with Gasteiger partial charge in [0.05, 0.1) is 12.3 Å². The van der Waals surface area contributed by atoms with Gasteiger partial charge in [0.1, 0.15) is 0 Å². The Bertz CT molecular complexity index is 292. The number of unbranched alkanes of at least 4 members (excludes halogenated alkanes) is 4. The normalized spacial score (nSPS) is 12.5. The van der Waals surface area contributed by atoms with Crippen molar-refractivity contribution in [2.45, 2.75) is 45.4 Å². The van der Waals surface area contributed by atoms with E-state index in [9.17, 15) is 9.59 Å². The van der Waals surface area contributed by atoms with Crippen LogP contribution in [0.15, 0.2) is 12.2 Å². The highest BCUT2D eigenvalue weighted by molar-refractivity contribution is 7.80. The topological polar surface area (TPSA) is 66.4 Å². The lowest BCUT2D eigenvalue weighted by molar-refractivity contribution is -0.140. The molecule has 0 bridgehead atoms. The van der Waals surface area contributed by atoms with Gasteiger partial charge in [-0.2, -0.15) is 12.6 Å². The summed E-state index contributed by atoms with van der Waals surface area (Å²) in [7, 11) is 0. The Labute approximate surface area is 121 Å². The van der Waals surface area contributed by atoms with Gasteiger partial charge in [-0.05, 0) is 12.8 Å². The Morgan fingerprint density at radius 3 is 2.63 bits per heavy atom. The number of hydrogen-bond donors (Lipinski definition) is 3. The van der Waals surface area contributed by atoms with E-state index in [1.807, 2.05) is 6.08 Å². The van der Waals surface area contributed by atoms with Gasteiger partial charge in [0.2, 0.25) is 5.91 Å². The second kappa shape index (κ2) is 12.1. The predicted molar refractivity (Wildman–Crippen MR) is 80.5 cm³/mol. The summed E-state index contributed by atoms with van der Waals surface area (Å²) in [6, 6.07) is 0. The number of carbonyl (C=O) groups excluding carboxylic acids is 1. The Morgan fingerprint density at radius 1 is 1.32 bits per heavy atom. The summed E-state index contributed by atoms with van der Waals surface area (Å²) in [5.41, 5.74) is 0. The molecule has 5 heteroatoms. The van der Waals surface area contributed by atoms with Crippen molar-refractivity contribution in [3.63, 3.8) is 0 Å². The molecule has 1 atom stereocenters. The zero-order valence-corrected chi connectivity index (χ0v) is 12.5. The van der Waals surface area contributed by atoms with E-state index in [1.165, 1.54) is 19.3 Å². The largest absolute Gasteiger partial charge is 0.481 e. The second-order valence-electron chi connectivity index (χ2n) is 4.50. The van der Waals surface area contributed by atoms with Crippen LogP contribution in [-0.4, -0.2) is 29.3 Å². The highest BCUT2D eigenvalue weighted by atomic mass is 32.1. The van der Waals surface area contributed by atoms with Gasteiger partial charge in [0.15, 0.2) is 0 Å². The summed E-state index contributed by atoms with van der Waals surface area (Å²) in [6.45, 7) is 2.62. The van der Waals surface area contributed by atoms with Crippen molar-refractivity contribution in [2.75, 3.05) is 12.3 Å². The maximum Gasteiger partial charge on any atom is 0.304 e. The van der Waals surface area contributed by atoms with Crippen molar-refractivity contribution in [1.82, 2.24) is 5.32 Å². The van der Waals surface area contributed by atoms with E-state index in [0.717, 1.165) is 12.8 Å². The SMILES string of the molecule is CCCCCCC=CC(CC(=O)O)C(=O)NCCS. The van der Waals surface area contributed by atoms with Crippen molar-refractivity contribution in [3.05, 3.63) is 12.2 Å². The number of thiol groups is 1. The van der Waals surface area contributed by atoms with Gasteiger partial charge in [-0.1, -0.05) is 38.3 Å². The number of amides is 1. The smallest absolute Gasteiger partial charge is 0.304 e. The van der Waals surface area contributed by atoms with Crippen molar-refractivity contribution in [1.29, 1.82) is 0 Å². The fraction of sp³-hybridized carbons (Fsp3) is 0.714. The van der Waals surface area contributed by atoms with Gasteiger partial charge in [-0.3, -0.25) is 9.59 Å². The molecule has 110 valence electrons. The summed E-state index contributed by atoms with van der Waals surface area (Å²) in [5, 5.41) is 11.5. The number of carbonyl (C=O) groups is 2. The minimum absolute atomic E-state index is 0.163. The number of carboxylic acid groups (broad SMARTS) is 1. The van der Waals surface area contributed by atoms with E-state index in [-0.39, 0.29) is 12.3 Å². The Morgan fingerprint density at radius 2 is 2.05 bits per heavy atom. The highest BCUT2D eigenvalue weighted by Gasteiger charge is 2.17. The van der Waals surface area contributed by atoms with Crippen LogP contribution in [0.2, 0.25) is 0 Å². The quantitative estimate of drug-likeness (QED) is 0.311. The lowest BCUT2D eigenvalue weighted by Crippen LogP contribution is -2.32. The van der Waals surface area contributed by atoms with E-state index in [4.69, 9.17) is 5.11 Å². The third-order valence-electron chi connectivity index (χ3n) is 2.74. The molecule has 0 aliphatic heterocycles.